The topological polar surface area (TPSA) is 95.3 Å². The summed E-state index contributed by atoms with van der Waals surface area (Å²) in [5.41, 5.74) is 5.51. The number of carbonyl (C=O) groups is 2. The molecule has 0 saturated carbocycles. The summed E-state index contributed by atoms with van der Waals surface area (Å²) in [5, 5.41) is 8.85. The van der Waals surface area contributed by atoms with E-state index in [1.54, 1.807) is 6.92 Å². The summed E-state index contributed by atoms with van der Waals surface area (Å²) in [5.74, 6) is 0.250. The highest BCUT2D eigenvalue weighted by Crippen LogP contribution is 2.30. The smallest absolute Gasteiger partial charge is 0.308 e. The quantitative estimate of drug-likeness (QED) is 0.346. The van der Waals surface area contributed by atoms with Gasteiger partial charge in [-0.05, 0) is 97.6 Å². The number of hydrogen-bond acceptors (Lipinski definition) is 6. The Bertz CT molecular complexity index is 1290. The zero-order valence-corrected chi connectivity index (χ0v) is 24.3. The van der Waals surface area contributed by atoms with Crippen LogP contribution in [-0.4, -0.2) is 39.4 Å². The lowest BCUT2D eigenvalue weighted by Crippen LogP contribution is -2.31. The van der Waals surface area contributed by atoms with Crippen molar-refractivity contribution in [3.63, 3.8) is 0 Å². The largest absolute Gasteiger partial charge is 0.491 e. The molecule has 0 aliphatic rings. The van der Waals surface area contributed by atoms with Gasteiger partial charge in [-0.25, -0.2) is 9.67 Å². The number of nitrogens with one attached hydrogen (secondary N) is 1. The first-order chi connectivity index (χ1) is 17.8. The van der Waals surface area contributed by atoms with Crippen LogP contribution in [-0.2, 0) is 26.3 Å². The molecule has 0 saturated heterocycles. The third-order valence-corrected chi connectivity index (χ3v) is 6.48. The molecule has 8 heteroatoms. The Morgan fingerprint density at radius 2 is 1.71 bits per heavy atom. The number of hydrogen-bond donors (Lipinski definition) is 1. The zero-order valence-electron chi connectivity index (χ0n) is 24.3. The van der Waals surface area contributed by atoms with E-state index in [-0.39, 0.29) is 36.4 Å². The number of amides is 1. The molecule has 38 heavy (non-hydrogen) atoms. The molecule has 0 radical (unpaired) electrons. The fourth-order valence-electron chi connectivity index (χ4n) is 4.74. The van der Waals surface area contributed by atoms with Gasteiger partial charge >= 0.3 is 5.97 Å². The number of aryl methyl sites for hydroxylation is 3. The summed E-state index contributed by atoms with van der Waals surface area (Å²) in [7, 11) is 0. The van der Waals surface area contributed by atoms with Crippen LogP contribution in [0.15, 0.2) is 24.3 Å². The van der Waals surface area contributed by atoms with Crippen molar-refractivity contribution in [1.29, 1.82) is 0 Å². The lowest BCUT2D eigenvalue weighted by Gasteiger charge is -2.21. The maximum absolute atomic E-state index is 13.1. The van der Waals surface area contributed by atoms with Crippen LogP contribution in [0.25, 0.3) is 11.0 Å². The van der Waals surface area contributed by atoms with Crippen LogP contribution in [0, 0.1) is 20.8 Å². The second-order valence-corrected chi connectivity index (χ2v) is 11.0. The van der Waals surface area contributed by atoms with Crippen molar-refractivity contribution in [2.45, 2.75) is 99.3 Å². The van der Waals surface area contributed by atoms with Crippen LogP contribution in [0.2, 0.25) is 0 Å². The highest BCUT2D eigenvalue weighted by atomic mass is 16.5. The maximum atomic E-state index is 13.1. The van der Waals surface area contributed by atoms with Crippen molar-refractivity contribution in [1.82, 2.24) is 20.1 Å². The molecule has 1 aromatic carbocycles. The number of carbonyl (C=O) groups excluding carboxylic acids is 2. The molecule has 3 aromatic rings. The molecule has 1 atom stereocenters. The van der Waals surface area contributed by atoms with Crippen molar-refractivity contribution in [2.75, 3.05) is 6.61 Å². The molecule has 8 nitrogen and oxygen atoms in total. The molecule has 0 fully saturated rings. The fraction of sp³-hybridized carbons (Fsp3) is 0.533. The standard InChI is InChI=1S/C30H42N4O4/c1-10-37-27(36)17-25(22-11-13-23(14-12-22)38-18(2)3)32-26(35)16-15-24-19(4)28-21(6)33-34(30(7,8)9)29(28)31-20(24)5/h11-14,18,25H,10,15-17H2,1-9H3,(H,32,35)/t25-/m0/s1. The molecule has 206 valence electrons. The van der Waals surface area contributed by atoms with Gasteiger partial charge in [-0.15, -0.1) is 0 Å². The lowest BCUT2D eigenvalue weighted by atomic mass is 9.98. The van der Waals surface area contributed by atoms with Gasteiger partial charge in [0.25, 0.3) is 0 Å². The molecule has 0 bridgehead atoms. The summed E-state index contributed by atoms with van der Waals surface area (Å²) in [4.78, 5) is 30.3. The highest BCUT2D eigenvalue weighted by molar-refractivity contribution is 5.84. The minimum absolute atomic E-state index is 0.0563. The Morgan fingerprint density at radius 3 is 2.29 bits per heavy atom. The first kappa shape index (κ1) is 29.1. The normalized spacial score (nSPS) is 12.6. The Kier molecular flexibility index (Phi) is 9.18. The van der Waals surface area contributed by atoms with Crippen molar-refractivity contribution in [2.24, 2.45) is 0 Å². The molecule has 0 aliphatic heterocycles. The van der Waals surface area contributed by atoms with Gasteiger partial charge in [0.05, 0.1) is 36.4 Å². The second kappa shape index (κ2) is 12.0. The van der Waals surface area contributed by atoms with Gasteiger partial charge in [-0.2, -0.15) is 5.10 Å². The minimum atomic E-state index is -0.496. The summed E-state index contributed by atoms with van der Waals surface area (Å²) in [6.45, 7) is 18.4. The summed E-state index contributed by atoms with van der Waals surface area (Å²) < 4.78 is 12.9. The lowest BCUT2D eigenvalue weighted by molar-refractivity contribution is -0.143. The molecular weight excluding hydrogens is 480 g/mol. The van der Waals surface area contributed by atoms with Gasteiger partial charge in [0.15, 0.2) is 5.65 Å². The van der Waals surface area contributed by atoms with Crippen LogP contribution in [0.5, 0.6) is 5.75 Å². The molecule has 2 aromatic heterocycles. The van der Waals surface area contributed by atoms with Gasteiger partial charge < -0.3 is 14.8 Å². The minimum Gasteiger partial charge on any atom is -0.491 e. The number of pyridine rings is 1. The van der Waals surface area contributed by atoms with E-state index < -0.39 is 6.04 Å². The van der Waals surface area contributed by atoms with E-state index in [0.29, 0.717) is 13.0 Å². The molecule has 0 aliphatic carbocycles. The molecule has 0 spiro atoms. The Labute approximate surface area is 226 Å². The van der Waals surface area contributed by atoms with Crippen LogP contribution < -0.4 is 10.1 Å². The zero-order chi connectivity index (χ0) is 28.2. The Morgan fingerprint density at radius 1 is 1.05 bits per heavy atom. The predicted octanol–water partition coefficient (Wildman–Crippen LogP) is 5.64. The third kappa shape index (κ3) is 6.91. The number of rotatable bonds is 10. The van der Waals surface area contributed by atoms with E-state index in [9.17, 15) is 9.59 Å². The van der Waals surface area contributed by atoms with Gasteiger partial charge in [-0.1, -0.05) is 12.1 Å². The average molecular weight is 523 g/mol. The van der Waals surface area contributed by atoms with Gasteiger partial charge in [-0.3, -0.25) is 9.59 Å². The number of aromatic nitrogens is 3. The summed E-state index contributed by atoms with van der Waals surface area (Å²) >= 11 is 0. The number of benzene rings is 1. The van der Waals surface area contributed by atoms with E-state index in [0.717, 1.165) is 44.9 Å². The number of fused-ring (bicyclic) bond motifs is 1. The van der Waals surface area contributed by atoms with E-state index >= 15 is 0 Å². The third-order valence-electron chi connectivity index (χ3n) is 6.48. The van der Waals surface area contributed by atoms with Crippen LogP contribution in [0.1, 0.15) is 88.5 Å². The fourth-order valence-corrected chi connectivity index (χ4v) is 4.74. The van der Waals surface area contributed by atoms with Crippen LogP contribution in [0.4, 0.5) is 0 Å². The number of nitrogens with zero attached hydrogens (tertiary/aromatic N) is 3. The average Bonchev–Trinajstić information content (AvgIpc) is 3.15. The van der Waals surface area contributed by atoms with E-state index in [1.165, 1.54) is 0 Å². The van der Waals surface area contributed by atoms with E-state index in [4.69, 9.17) is 19.6 Å². The van der Waals surface area contributed by atoms with Crippen molar-refractivity contribution >= 4 is 22.9 Å². The predicted molar refractivity (Wildman–Crippen MR) is 149 cm³/mol. The number of esters is 1. The summed E-state index contributed by atoms with van der Waals surface area (Å²) in [6, 6.07) is 6.97. The SMILES string of the molecule is CCOC(=O)C[C@H](NC(=O)CCc1c(C)nc2c(c(C)nn2C(C)(C)C)c1C)c1ccc(OC(C)C)cc1. The first-order valence-corrected chi connectivity index (χ1v) is 13.4. The molecule has 1 N–H and O–H groups in total. The molecule has 3 rings (SSSR count). The molecule has 2 heterocycles. The van der Waals surface area contributed by atoms with Gasteiger partial charge in [0.2, 0.25) is 5.91 Å². The molecule has 1 amide bonds. The van der Waals surface area contributed by atoms with Gasteiger partial charge in [0, 0.05) is 17.5 Å². The monoisotopic (exact) mass is 522 g/mol. The van der Waals surface area contributed by atoms with Crippen molar-refractivity contribution < 1.29 is 19.1 Å². The molecule has 0 unspecified atom stereocenters. The van der Waals surface area contributed by atoms with Crippen LogP contribution in [0.3, 0.4) is 0 Å². The van der Waals surface area contributed by atoms with Crippen molar-refractivity contribution in [3.8, 4) is 5.75 Å². The van der Waals surface area contributed by atoms with Crippen molar-refractivity contribution in [3.05, 3.63) is 52.3 Å². The summed E-state index contributed by atoms with van der Waals surface area (Å²) in [6.07, 6.45) is 0.929. The number of ether oxygens (including phenoxy) is 2. The first-order valence-electron chi connectivity index (χ1n) is 13.4. The molecular formula is C30H42N4O4. The maximum Gasteiger partial charge on any atom is 0.308 e. The van der Waals surface area contributed by atoms with E-state index in [2.05, 4.69) is 33.0 Å². The Hall–Kier alpha value is -3.42. The van der Waals surface area contributed by atoms with Crippen LogP contribution >= 0.6 is 0 Å². The second-order valence-electron chi connectivity index (χ2n) is 11.0. The van der Waals surface area contributed by atoms with Gasteiger partial charge in [0.1, 0.15) is 5.75 Å². The van der Waals surface area contributed by atoms with E-state index in [1.807, 2.05) is 56.6 Å². The Balaban J connectivity index is 1.79. The highest BCUT2D eigenvalue weighted by Gasteiger charge is 2.24.